The quantitative estimate of drug-likeness (QED) is 0.884. The van der Waals surface area contributed by atoms with Crippen LogP contribution in [-0.2, 0) is 0 Å². The number of rotatable bonds is 5. The summed E-state index contributed by atoms with van der Waals surface area (Å²) in [6, 6.07) is 8.40. The van der Waals surface area contributed by atoms with E-state index in [1.165, 1.54) is 31.5 Å². The van der Waals surface area contributed by atoms with Crippen LogP contribution in [0.15, 0.2) is 24.3 Å². The molecule has 2 nitrogen and oxygen atoms in total. The lowest BCUT2D eigenvalue weighted by molar-refractivity contribution is 0.191. The van der Waals surface area contributed by atoms with Crippen LogP contribution in [0.3, 0.4) is 0 Å². The summed E-state index contributed by atoms with van der Waals surface area (Å²) in [5.74, 6) is 0.909. The minimum absolute atomic E-state index is 0.317. The van der Waals surface area contributed by atoms with Crippen molar-refractivity contribution in [1.82, 2.24) is 10.2 Å². The normalized spacial score (nSPS) is 19.5. The molecule has 0 saturated carbocycles. The molecule has 0 aliphatic carbocycles. The Bertz CT molecular complexity index is 386. The lowest BCUT2D eigenvalue weighted by Crippen LogP contribution is -2.38. The van der Waals surface area contributed by atoms with Gasteiger partial charge in [-0.05, 0) is 50.4 Å². The van der Waals surface area contributed by atoms with Gasteiger partial charge in [-0.15, -0.1) is 0 Å². The van der Waals surface area contributed by atoms with Crippen LogP contribution in [-0.4, -0.2) is 31.1 Å². The molecule has 1 aliphatic heterocycles. The van der Waals surface area contributed by atoms with E-state index in [1.807, 2.05) is 18.2 Å². The molecule has 1 heterocycles. The number of nitrogens with zero attached hydrogens (tertiary/aromatic N) is 1. The third-order valence-electron chi connectivity index (χ3n) is 4.13. The molecule has 0 amide bonds. The molecule has 0 aromatic heterocycles. The largest absolute Gasteiger partial charge is 0.309 e. The Balaban J connectivity index is 1.72. The van der Waals surface area contributed by atoms with Crippen molar-refractivity contribution >= 4 is 11.6 Å². The number of halogens is 1. The second-order valence-electron chi connectivity index (χ2n) is 5.72. The van der Waals surface area contributed by atoms with Crippen LogP contribution >= 0.6 is 11.6 Å². The minimum Gasteiger partial charge on any atom is -0.309 e. The molecule has 0 bridgehead atoms. The number of piperidine rings is 1. The van der Waals surface area contributed by atoms with E-state index in [9.17, 15) is 0 Å². The van der Waals surface area contributed by atoms with Crippen molar-refractivity contribution in [2.45, 2.75) is 32.7 Å². The molecule has 1 aromatic carbocycles. The first kappa shape index (κ1) is 14.8. The fourth-order valence-electron chi connectivity index (χ4n) is 2.66. The standard InChI is InChI=1S/C16H25ClN2/c1-13-7-10-19(11-8-13)12-9-18-14(2)15-5-3-4-6-16(15)17/h3-6,13-14,18H,7-12H2,1-2H3. The summed E-state index contributed by atoms with van der Waals surface area (Å²) in [6.07, 6.45) is 2.69. The molecule has 1 fully saturated rings. The SMILES string of the molecule is CC1CCN(CCNC(C)c2ccccc2Cl)CC1. The number of benzene rings is 1. The third kappa shape index (κ3) is 4.48. The van der Waals surface area contributed by atoms with Gasteiger partial charge in [-0.2, -0.15) is 0 Å². The van der Waals surface area contributed by atoms with Crippen molar-refractivity contribution in [3.63, 3.8) is 0 Å². The lowest BCUT2D eigenvalue weighted by Gasteiger charge is -2.30. The maximum Gasteiger partial charge on any atom is 0.0453 e. The van der Waals surface area contributed by atoms with Gasteiger partial charge in [0.1, 0.15) is 0 Å². The van der Waals surface area contributed by atoms with Gasteiger partial charge in [0, 0.05) is 24.2 Å². The third-order valence-corrected chi connectivity index (χ3v) is 4.47. The molecule has 3 heteroatoms. The summed E-state index contributed by atoms with van der Waals surface area (Å²) in [7, 11) is 0. The summed E-state index contributed by atoms with van der Waals surface area (Å²) >= 11 is 6.21. The van der Waals surface area contributed by atoms with E-state index in [0.29, 0.717) is 6.04 Å². The average Bonchev–Trinajstić information content (AvgIpc) is 2.41. The Hall–Kier alpha value is -0.570. The summed E-state index contributed by atoms with van der Waals surface area (Å²) in [4.78, 5) is 2.56. The van der Waals surface area contributed by atoms with E-state index >= 15 is 0 Å². The van der Waals surface area contributed by atoms with E-state index in [0.717, 1.165) is 24.0 Å². The van der Waals surface area contributed by atoms with Crippen LogP contribution < -0.4 is 5.32 Å². The van der Waals surface area contributed by atoms with Crippen LogP contribution in [0.5, 0.6) is 0 Å². The van der Waals surface area contributed by atoms with Crippen molar-refractivity contribution in [3.8, 4) is 0 Å². The predicted molar refractivity (Wildman–Crippen MR) is 82.7 cm³/mol. The van der Waals surface area contributed by atoms with E-state index < -0.39 is 0 Å². The van der Waals surface area contributed by atoms with Crippen LogP contribution in [0, 0.1) is 5.92 Å². The molecular formula is C16H25ClN2. The Morgan fingerprint density at radius 1 is 1.32 bits per heavy atom. The van der Waals surface area contributed by atoms with Crippen LogP contribution in [0.25, 0.3) is 0 Å². The van der Waals surface area contributed by atoms with Crippen molar-refractivity contribution in [2.75, 3.05) is 26.2 Å². The zero-order valence-electron chi connectivity index (χ0n) is 12.0. The van der Waals surface area contributed by atoms with Crippen LogP contribution in [0.4, 0.5) is 0 Å². The highest BCUT2D eigenvalue weighted by molar-refractivity contribution is 6.31. The summed E-state index contributed by atoms with van der Waals surface area (Å²) < 4.78 is 0. The predicted octanol–water partition coefficient (Wildman–Crippen LogP) is 3.72. The monoisotopic (exact) mass is 280 g/mol. The van der Waals surface area contributed by atoms with Gasteiger partial charge in [0.25, 0.3) is 0 Å². The van der Waals surface area contributed by atoms with Gasteiger partial charge in [-0.25, -0.2) is 0 Å². The number of hydrogen-bond donors (Lipinski definition) is 1. The molecule has 0 spiro atoms. The van der Waals surface area contributed by atoms with Crippen LogP contribution in [0.2, 0.25) is 5.02 Å². The molecule has 1 atom stereocenters. The van der Waals surface area contributed by atoms with Gasteiger partial charge < -0.3 is 10.2 Å². The maximum absolute atomic E-state index is 6.21. The average molecular weight is 281 g/mol. The van der Waals surface area contributed by atoms with Crippen molar-refractivity contribution in [2.24, 2.45) is 5.92 Å². The smallest absolute Gasteiger partial charge is 0.0453 e. The number of nitrogens with one attached hydrogen (secondary N) is 1. The fourth-order valence-corrected chi connectivity index (χ4v) is 2.96. The van der Waals surface area contributed by atoms with Crippen molar-refractivity contribution in [1.29, 1.82) is 0 Å². The lowest BCUT2D eigenvalue weighted by atomic mass is 9.99. The fraction of sp³-hybridized carbons (Fsp3) is 0.625. The molecule has 1 aliphatic rings. The first-order valence-electron chi connectivity index (χ1n) is 7.37. The molecule has 1 unspecified atom stereocenters. The van der Waals surface area contributed by atoms with Crippen LogP contribution in [0.1, 0.15) is 38.3 Å². The zero-order chi connectivity index (χ0) is 13.7. The topological polar surface area (TPSA) is 15.3 Å². The Labute approximate surface area is 122 Å². The molecule has 1 N–H and O–H groups in total. The summed E-state index contributed by atoms with van der Waals surface area (Å²) in [5, 5.41) is 4.43. The molecule has 1 aromatic rings. The number of likely N-dealkylation sites (tertiary alicyclic amines) is 1. The van der Waals surface area contributed by atoms with E-state index in [-0.39, 0.29) is 0 Å². The second kappa shape index (κ2) is 7.28. The zero-order valence-corrected chi connectivity index (χ0v) is 12.8. The first-order valence-corrected chi connectivity index (χ1v) is 7.75. The van der Waals surface area contributed by atoms with Crippen molar-refractivity contribution in [3.05, 3.63) is 34.9 Å². The van der Waals surface area contributed by atoms with Gasteiger partial charge in [-0.3, -0.25) is 0 Å². The highest BCUT2D eigenvalue weighted by Crippen LogP contribution is 2.22. The van der Waals surface area contributed by atoms with E-state index in [1.54, 1.807) is 0 Å². The molecule has 1 saturated heterocycles. The minimum atomic E-state index is 0.317. The Morgan fingerprint density at radius 2 is 2.00 bits per heavy atom. The summed E-state index contributed by atoms with van der Waals surface area (Å²) in [5.41, 5.74) is 1.19. The highest BCUT2D eigenvalue weighted by atomic mass is 35.5. The van der Waals surface area contributed by atoms with Gasteiger partial charge in [0.15, 0.2) is 0 Å². The molecule has 19 heavy (non-hydrogen) atoms. The second-order valence-corrected chi connectivity index (χ2v) is 6.13. The van der Waals surface area contributed by atoms with Gasteiger partial charge in [0.05, 0.1) is 0 Å². The van der Waals surface area contributed by atoms with Gasteiger partial charge in [-0.1, -0.05) is 36.7 Å². The van der Waals surface area contributed by atoms with Crippen molar-refractivity contribution < 1.29 is 0 Å². The number of hydrogen-bond acceptors (Lipinski definition) is 2. The van der Waals surface area contributed by atoms with E-state index in [2.05, 4.69) is 30.1 Å². The summed E-state index contributed by atoms with van der Waals surface area (Å²) in [6.45, 7) is 9.21. The van der Waals surface area contributed by atoms with Gasteiger partial charge >= 0.3 is 0 Å². The Morgan fingerprint density at radius 3 is 2.68 bits per heavy atom. The molecule has 106 valence electrons. The molecular weight excluding hydrogens is 256 g/mol. The molecule has 0 radical (unpaired) electrons. The maximum atomic E-state index is 6.21. The highest BCUT2D eigenvalue weighted by Gasteiger charge is 2.15. The Kier molecular flexibility index (Phi) is 5.68. The molecule has 2 rings (SSSR count). The van der Waals surface area contributed by atoms with Gasteiger partial charge in [0.2, 0.25) is 0 Å². The van der Waals surface area contributed by atoms with E-state index in [4.69, 9.17) is 11.6 Å². The first-order chi connectivity index (χ1) is 9.16.